The second-order valence-electron chi connectivity index (χ2n) is 3.26. The molecule has 2 aromatic heterocycles. The zero-order valence-corrected chi connectivity index (χ0v) is 8.17. The van der Waals surface area contributed by atoms with Gasteiger partial charge in [0.2, 0.25) is 0 Å². The minimum atomic E-state index is -1.02. The third kappa shape index (κ3) is 1.90. The van der Waals surface area contributed by atoms with E-state index in [9.17, 15) is 4.79 Å². The molecule has 15 heavy (non-hydrogen) atoms. The highest BCUT2D eigenvalue weighted by atomic mass is 16.4. The number of aromatic nitrogens is 2. The summed E-state index contributed by atoms with van der Waals surface area (Å²) in [6.45, 7) is 2.44. The normalized spacial score (nSPS) is 10.5. The van der Waals surface area contributed by atoms with Crippen LogP contribution < -0.4 is 0 Å². The highest BCUT2D eigenvalue weighted by molar-refractivity contribution is 5.84. The molecular weight excluding hydrogens is 196 g/mol. The summed E-state index contributed by atoms with van der Waals surface area (Å²) in [6.07, 6.45) is 4.56. The number of aromatic carboxylic acids is 1. The van der Waals surface area contributed by atoms with Crippen LogP contribution in [0, 0.1) is 6.92 Å². The molecule has 0 aromatic carbocycles. The third-order valence-corrected chi connectivity index (χ3v) is 2.15. The molecule has 0 amide bonds. The molecule has 0 saturated carbocycles. The molecule has 5 nitrogen and oxygen atoms in total. The lowest BCUT2D eigenvalue weighted by Crippen LogP contribution is -1.98. The van der Waals surface area contributed by atoms with Gasteiger partial charge in [-0.15, -0.1) is 0 Å². The molecule has 2 aromatic rings. The van der Waals surface area contributed by atoms with Gasteiger partial charge in [-0.2, -0.15) is 0 Å². The van der Waals surface area contributed by atoms with Gasteiger partial charge in [0.15, 0.2) is 5.69 Å². The summed E-state index contributed by atoms with van der Waals surface area (Å²) in [5, 5.41) is 8.68. The Bertz CT molecular complexity index is 484. The van der Waals surface area contributed by atoms with Crippen molar-refractivity contribution in [2.24, 2.45) is 0 Å². The molecule has 0 atom stereocenters. The van der Waals surface area contributed by atoms with Crippen LogP contribution in [0.4, 0.5) is 0 Å². The van der Waals surface area contributed by atoms with Crippen LogP contribution in [0.2, 0.25) is 0 Å². The van der Waals surface area contributed by atoms with Gasteiger partial charge in [0.1, 0.15) is 5.76 Å². The summed E-state index contributed by atoms with van der Waals surface area (Å²) >= 11 is 0. The average molecular weight is 206 g/mol. The summed E-state index contributed by atoms with van der Waals surface area (Å²) < 4.78 is 6.92. The lowest BCUT2D eigenvalue weighted by atomic mass is 10.3. The van der Waals surface area contributed by atoms with E-state index >= 15 is 0 Å². The van der Waals surface area contributed by atoms with Gasteiger partial charge in [0.25, 0.3) is 0 Å². The van der Waals surface area contributed by atoms with Crippen molar-refractivity contribution in [2.75, 3.05) is 0 Å². The van der Waals surface area contributed by atoms with Gasteiger partial charge in [0.05, 0.1) is 19.1 Å². The van der Waals surface area contributed by atoms with E-state index in [1.165, 1.54) is 12.5 Å². The molecule has 0 radical (unpaired) electrons. The Kier molecular flexibility index (Phi) is 2.29. The van der Waals surface area contributed by atoms with Crippen molar-refractivity contribution >= 4 is 5.97 Å². The van der Waals surface area contributed by atoms with Crippen molar-refractivity contribution < 1.29 is 14.3 Å². The van der Waals surface area contributed by atoms with Gasteiger partial charge >= 0.3 is 5.97 Å². The first-order valence-corrected chi connectivity index (χ1v) is 4.45. The molecule has 0 aliphatic heterocycles. The Morgan fingerprint density at radius 1 is 1.67 bits per heavy atom. The Morgan fingerprint density at radius 2 is 2.47 bits per heavy atom. The van der Waals surface area contributed by atoms with Crippen molar-refractivity contribution in [3.63, 3.8) is 0 Å². The standard InChI is InChI=1S/C10H10N2O3/c1-7-2-3-15-9(7)5-12-4-8(10(13)14)11-6-12/h2-4,6H,5H2,1H3,(H,13,14). The number of nitrogens with zero attached hydrogens (tertiary/aromatic N) is 2. The van der Waals surface area contributed by atoms with E-state index in [0.29, 0.717) is 6.54 Å². The predicted molar refractivity (Wildman–Crippen MR) is 51.7 cm³/mol. The van der Waals surface area contributed by atoms with E-state index < -0.39 is 5.97 Å². The van der Waals surface area contributed by atoms with Crippen molar-refractivity contribution in [1.29, 1.82) is 0 Å². The second-order valence-corrected chi connectivity index (χ2v) is 3.26. The molecule has 0 bridgehead atoms. The number of furan rings is 1. The highest BCUT2D eigenvalue weighted by Crippen LogP contribution is 2.10. The Labute approximate surface area is 86.0 Å². The zero-order chi connectivity index (χ0) is 10.8. The smallest absolute Gasteiger partial charge is 0.356 e. The molecule has 0 aliphatic rings. The fourth-order valence-corrected chi connectivity index (χ4v) is 1.29. The van der Waals surface area contributed by atoms with Crippen LogP contribution in [0.25, 0.3) is 0 Å². The Balaban J connectivity index is 2.18. The monoisotopic (exact) mass is 206 g/mol. The van der Waals surface area contributed by atoms with Gasteiger partial charge in [-0.05, 0) is 18.6 Å². The minimum Gasteiger partial charge on any atom is -0.476 e. The van der Waals surface area contributed by atoms with Gasteiger partial charge in [0, 0.05) is 6.20 Å². The number of aryl methyl sites for hydroxylation is 1. The summed E-state index contributed by atoms with van der Waals surface area (Å²) in [5.41, 5.74) is 1.08. The first-order chi connectivity index (χ1) is 7.16. The van der Waals surface area contributed by atoms with Crippen LogP contribution in [-0.2, 0) is 6.54 Å². The molecule has 0 unspecified atom stereocenters. The van der Waals surface area contributed by atoms with E-state index in [4.69, 9.17) is 9.52 Å². The summed E-state index contributed by atoms with van der Waals surface area (Å²) in [4.78, 5) is 14.3. The van der Waals surface area contributed by atoms with Crippen LogP contribution in [0.15, 0.2) is 29.3 Å². The second kappa shape index (κ2) is 3.61. The SMILES string of the molecule is Cc1ccoc1Cn1cnc(C(=O)O)c1. The average Bonchev–Trinajstić information content (AvgIpc) is 2.77. The lowest BCUT2D eigenvalue weighted by Gasteiger charge is -1.98. The third-order valence-electron chi connectivity index (χ3n) is 2.15. The summed E-state index contributed by atoms with van der Waals surface area (Å²) in [6, 6.07) is 1.87. The number of rotatable bonds is 3. The van der Waals surface area contributed by atoms with E-state index in [1.54, 1.807) is 10.8 Å². The van der Waals surface area contributed by atoms with Crippen molar-refractivity contribution in [2.45, 2.75) is 13.5 Å². The van der Waals surface area contributed by atoms with E-state index in [0.717, 1.165) is 11.3 Å². The first-order valence-electron chi connectivity index (χ1n) is 4.45. The number of hydrogen-bond acceptors (Lipinski definition) is 3. The maximum atomic E-state index is 10.6. The van der Waals surface area contributed by atoms with Crippen LogP contribution in [0.5, 0.6) is 0 Å². The van der Waals surface area contributed by atoms with Gasteiger partial charge < -0.3 is 14.1 Å². The van der Waals surface area contributed by atoms with Crippen LogP contribution >= 0.6 is 0 Å². The molecule has 0 spiro atoms. The quantitative estimate of drug-likeness (QED) is 0.826. The predicted octanol–water partition coefficient (Wildman–Crippen LogP) is 1.53. The molecule has 0 fully saturated rings. The largest absolute Gasteiger partial charge is 0.476 e. The van der Waals surface area contributed by atoms with Gasteiger partial charge in [-0.25, -0.2) is 9.78 Å². The number of carbonyl (C=O) groups is 1. The van der Waals surface area contributed by atoms with E-state index in [-0.39, 0.29) is 5.69 Å². The molecule has 0 aliphatic carbocycles. The maximum Gasteiger partial charge on any atom is 0.356 e. The molecule has 1 N–H and O–H groups in total. The maximum absolute atomic E-state index is 10.6. The van der Waals surface area contributed by atoms with Gasteiger partial charge in [-0.3, -0.25) is 0 Å². The minimum absolute atomic E-state index is 0.0409. The number of imidazole rings is 1. The molecule has 2 heterocycles. The molecular formula is C10H10N2O3. The molecule has 5 heteroatoms. The summed E-state index contributed by atoms with van der Waals surface area (Å²) in [5.74, 6) is -0.214. The Hall–Kier alpha value is -2.04. The van der Waals surface area contributed by atoms with E-state index in [2.05, 4.69) is 4.98 Å². The van der Waals surface area contributed by atoms with Crippen molar-refractivity contribution in [3.8, 4) is 0 Å². The number of hydrogen-bond donors (Lipinski definition) is 1. The lowest BCUT2D eigenvalue weighted by molar-refractivity contribution is 0.0691. The highest BCUT2D eigenvalue weighted by Gasteiger charge is 2.08. The first kappa shape index (κ1) is 9.51. The molecule has 78 valence electrons. The van der Waals surface area contributed by atoms with Crippen molar-refractivity contribution in [3.05, 3.63) is 41.9 Å². The molecule has 2 rings (SSSR count). The van der Waals surface area contributed by atoms with Crippen LogP contribution in [0.3, 0.4) is 0 Å². The fourth-order valence-electron chi connectivity index (χ4n) is 1.29. The van der Waals surface area contributed by atoms with Crippen molar-refractivity contribution in [1.82, 2.24) is 9.55 Å². The number of carboxylic acids is 1. The summed E-state index contributed by atoms with van der Waals surface area (Å²) in [7, 11) is 0. The fraction of sp³-hybridized carbons (Fsp3) is 0.200. The zero-order valence-electron chi connectivity index (χ0n) is 8.17. The molecule has 0 saturated heterocycles. The van der Waals surface area contributed by atoms with Crippen LogP contribution in [0.1, 0.15) is 21.8 Å². The van der Waals surface area contributed by atoms with Gasteiger partial charge in [-0.1, -0.05) is 0 Å². The topological polar surface area (TPSA) is 68.3 Å². The number of carboxylic acid groups (broad SMARTS) is 1. The Morgan fingerprint density at radius 3 is 3.00 bits per heavy atom. The van der Waals surface area contributed by atoms with Crippen LogP contribution in [-0.4, -0.2) is 20.6 Å². The van der Waals surface area contributed by atoms with E-state index in [1.807, 2.05) is 13.0 Å².